The molecule has 3 nitrogen and oxygen atoms in total. The van der Waals surface area contributed by atoms with E-state index in [-0.39, 0.29) is 5.75 Å². The van der Waals surface area contributed by atoms with Crippen LogP contribution in [0.15, 0.2) is 71.9 Å². The van der Waals surface area contributed by atoms with E-state index in [0.717, 1.165) is 17.1 Å². The van der Waals surface area contributed by atoms with Crippen LogP contribution in [0.5, 0.6) is 5.75 Å². The molecule has 0 unspecified atom stereocenters. The molecule has 0 saturated carbocycles. The van der Waals surface area contributed by atoms with E-state index in [0.29, 0.717) is 5.02 Å². The van der Waals surface area contributed by atoms with Crippen LogP contribution in [0.25, 0.3) is 5.69 Å². The smallest absolute Gasteiger partial charge is 0.115 e. The molecular weight excluding hydrogens is 284 g/mol. The summed E-state index contributed by atoms with van der Waals surface area (Å²) >= 11 is 5.91. The first-order valence-electron chi connectivity index (χ1n) is 6.49. The standard InChI is InChI=1S/C17H13ClN2O/c18-13-3-7-15(8-4-13)20-11-1-2-16(20)12-19-14-5-9-17(21)10-6-14/h1-12,21H. The number of aromatic nitrogens is 1. The van der Waals surface area contributed by atoms with Gasteiger partial charge in [-0.3, -0.25) is 4.99 Å². The van der Waals surface area contributed by atoms with E-state index < -0.39 is 0 Å². The summed E-state index contributed by atoms with van der Waals surface area (Å²) in [6, 6.07) is 18.3. The van der Waals surface area contributed by atoms with Crippen LogP contribution in [0.4, 0.5) is 5.69 Å². The molecule has 0 saturated heterocycles. The van der Waals surface area contributed by atoms with Crippen molar-refractivity contribution >= 4 is 23.5 Å². The number of phenolic OH excluding ortho intramolecular Hbond substituents is 1. The fourth-order valence-electron chi connectivity index (χ4n) is 2.02. The third-order valence-electron chi connectivity index (χ3n) is 3.08. The van der Waals surface area contributed by atoms with Gasteiger partial charge in [-0.25, -0.2) is 0 Å². The Morgan fingerprint density at radius 2 is 1.67 bits per heavy atom. The number of benzene rings is 2. The van der Waals surface area contributed by atoms with Crippen LogP contribution < -0.4 is 0 Å². The molecule has 1 aromatic heterocycles. The molecule has 1 N–H and O–H groups in total. The Morgan fingerprint density at radius 3 is 2.38 bits per heavy atom. The second-order valence-electron chi connectivity index (χ2n) is 4.55. The number of aromatic hydroxyl groups is 1. The molecule has 2 aromatic carbocycles. The lowest BCUT2D eigenvalue weighted by atomic mass is 10.3. The van der Waals surface area contributed by atoms with E-state index >= 15 is 0 Å². The number of nitrogens with zero attached hydrogens (tertiary/aromatic N) is 2. The maximum atomic E-state index is 9.26. The van der Waals surface area contributed by atoms with Crippen LogP contribution in [0.1, 0.15) is 5.69 Å². The molecule has 104 valence electrons. The average Bonchev–Trinajstić information content (AvgIpc) is 2.96. The summed E-state index contributed by atoms with van der Waals surface area (Å²) < 4.78 is 2.03. The predicted octanol–water partition coefficient (Wildman–Crippen LogP) is 4.59. The van der Waals surface area contributed by atoms with E-state index in [2.05, 4.69) is 4.99 Å². The van der Waals surface area contributed by atoms with Crippen LogP contribution in [-0.2, 0) is 0 Å². The van der Waals surface area contributed by atoms with E-state index in [1.807, 2.05) is 47.2 Å². The lowest BCUT2D eigenvalue weighted by Gasteiger charge is -2.06. The first-order valence-corrected chi connectivity index (χ1v) is 6.86. The summed E-state index contributed by atoms with van der Waals surface area (Å²) in [6.07, 6.45) is 3.77. The van der Waals surface area contributed by atoms with Gasteiger partial charge in [0.2, 0.25) is 0 Å². The summed E-state index contributed by atoms with van der Waals surface area (Å²) in [6.45, 7) is 0. The number of hydrogen-bond acceptors (Lipinski definition) is 2. The second-order valence-corrected chi connectivity index (χ2v) is 4.99. The summed E-state index contributed by atoms with van der Waals surface area (Å²) in [7, 11) is 0. The molecule has 4 heteroatoms. The van der Waals surface area contributed by atoms with Crippen LogP contribution in [0.2, 0.25) is 5.02 Å². The molecule has 1 heterocycles. The Kier molecular flexibility index (Phi) is 3.75. The summed E-state index contributed by atoms with van der Waals surface area (Å²) in [5.74, 6) is 0.235. The molecule has 0 bridgehead atoms. The third kappa shape index (κ3) is 3.15. The van der Waals surface area contributed by atoms with Crippen LogP contribution in [-0.4, -0.2) is 15.9 Å². The van der Waals surface area contributed by atoms with Gasteiger partial charge in [0.05, 0.1) is 17.6 Å². The van der Waals surface area contributed by atoms with Crippen molar-refractivity contribution < 1.29 is 5.11 Å². The SMILES string of the molecule is Oc1ccc(N=Cc2cccn2-c2ccc(Cl)cc2)cc1. The highest BCUT2D eigenvalue weighted by Crippen LogP contribution is 2.18. The van der Waals surface area contributed by atoms with Crippen molar-refractivity contribution in [3.63, 3.8) is 0 Å². The van der Waals surface area contributed by atoms with Crippen molar-refractivity contribution in [2.24, 2.45) is 4.99 Å². The quantitative estimate of drug-likeness (QED) is 0.705. The number of aliphatic imine (C=N–C) groups is 1. The fraction of sp³-hybridized carbons (Fsp3) is 0. The maximum absolute atomic E-state index is 9.26. The zero-order valence-corrected chi connectivity index (χ0v) is 11.9. The maximum Gasteiger partial charge on any atom is 0.115 e. The second kappa shape index (κ2) is 5.85. The highest BCUT2D eigenvalue weighted by molar-refractivity contribution is 6.30. The van der Waals surface area contributed by atoms with E-state index in [9.17, 15) is 5.11 Å². The van der Waals surface area contributed by atoms with Crippen molar-refractivity contribution in [1.29, 1.82) is 0 Å². The topological polar surface area (TPSA) is 37.5 Å². The first-order chi connectivity index (χ1) is 10.2. The number of rotatable bonds is 3. The first kappa shape index (κ1) is 13.5. The monoisotopic (exact) mass is 296 g/mol. The Bertz CT molecular complexity index is 758. The predicted molar refractivity (Wildman–Crippen MR) is 86.1 cm³/mol. The summed E-state index contributed by atoms with van der Waals surface area (Å²) in [5.41, 5.74) is 2.78. The van der Waals surface area contributed by atoms with Crippen molar-refractivity contribution in [3.8, 4) is 11.4 Å². The van der Waals surface area contributed by atoms with Crippen molar-refractivity contribution in [2.45, 2.75) is 0 Å². The molecule has 0 aliphatic carbocycles. The summed E-state index contributed by atoms with van der Waals surface area (Å²) in [5, 5.41) is 9.97. The molecule has 0 spiro atoms. The van der Waals surface area contributed by atoms with Gasteiger partial charge in [0.15, 0.2) is 0 Å². The fourth-order valence-corrected chi connectivity index (χ4v) is 2.14. The van der Waals surface area contributed by atoms with Gasteiger partial charge in [0.1, 0.15) is 5.75 Å². The Labute approximate surface area is 127 Å². The van der Waals surface area contributed by atoms with Crippen LogP contribution in [0.3, 0.4) is 0 Å². The van der Waals surface area contributed by atoms with E-state index in [1.54, 1.807) is 30.5 Å². The van der Waals surface area contributed by atoms with Gasteiger partial charge in [-0.2, -0.15) is 0 Å². The highest BCUT2D eigenvalue weighted by Gasteiger charge is 2.01. The van der Waals surface area contributed by atoms with Crippen molar-refractivity contribution in [2.75, 3.05) is 0 Å². The third-order valence-corrected chi connectivity index (χ3v) is 3.33. The van der Waals surface area contributed by atoms with Crippen LogP contribution in [0, 0.1) is 0 Å². The number of hydrogen-bond donors (Lipinski definition) is 1. The molecule has 0 amide bonds. The lowest BCUT2D eigenvalue weighted by molar-refractivity contribution is 0.475. The minimum Gasteiger partial charge on any atom is -0.508 e. The Morgan fingerprint density at radius 1 is 0.952 bits per heavy atom. The molecular formula is C17H13ClN2O. The molecule has 0 aliphatic rings. The van der Waals surface area contributed by atoms with Crippen molar-refractivity contribution in [1.82, 2.24) is 4.57 Å². The van der Waals surface area contributed by atoms with Gasteiger partial charge < -0.3 is 9.67 Å². The highest BCUT2D eigenvalue weighted by atomic mass is 35.5. The molecule has 0 radical (unpaired) electrons. The Balaban J connectivity index is 1.88. The number of phenols is 1. The lowest BCUT2D eigenvalue weighted by Crippen LogP contribution is -1.97. The molecule has 0 fully saturated rings. The van der Waals surface area contributed by atoms with Gasteiger partial charge in [0.25, 0.3) is 0 Å². The van der Waals surface area contributed by atoms with Crippen molar-refractivity contribution in [3.05, 3.63) is 77.6 Å². The zero-order valence-electron chi connectivity index (χ0n) is 11.1. The molecule has 0 aliphatic heterocycles. The molecule has 0 atom stereocenters. The van der Waals surface area contributed by atoms with Gasteiger partial charge >= 0.3 is 0 Å². The number of halogens is 1. The zero-order chi connectivity index (χ0) is 14.7. The van der Waals surface area contributed by atoms with Gasteiger partial charge in [-0.05, 0) is 60.7 Å². The van der Waals surface area contributed by atoms with Gasteiger partial charge in [-0.15, -0.1) is 0 Å². The molecule has 21 heavy (non-hydrogen) atoms. The normalized spacial score (nSPS) is 11.1. The minimum absolute atomic E-state index is 0.235. The Hall–Kier alpha value is -2.52. The van der Waals surface area contributed by atoms with E-state index in [1.165, 1.54) is 0 Å². The van der Waals surface area contributed by atoms with Gasteiger partial charge in [-0.1, -0.05) is 11.6 Å². The average molecular weight is 297 g/mol. The van der Waals surface area contributed by atoms with Crippen LogP contribution >= 0.6 is 11.6 Å². The minimum atomic E-state index is 0.235. The molecule has 3 aromatic rings. The molecule has 3 rings (SSSR count). The largest absolute Gasteiger partial charge is 0.508 e. The van der Waals surface area contributed by atoms with Gasteiger partial charge in [0, 0.05) is 16.9 Å². The summed E-state index contributed by atoms with van der Waals surface area (Å²) in [4.78, 5) is 4.41. The van der Waals surface area contributed by atoms with E-state index in [4.69, 9.17) is 11.6 Å².